The number of carbonyl (C=O) groups is 1. The molecule has 1 unspecified atom stereocenters. The second-order valence-corrected chi connectivity index (χ2v) is 7.35. The first-order chi connectivity index (χ1) is 14.9. The highest BCUT2D eigenvalue weighted by Crippen LogP contribution is 2.24. The number of rotatable bonds is 5. The van der Waals surface area contributed by atoms with Crippen molar-refractivity contribution in [2.24, 2.45) is 0 Å². The largest absolute Gasteiger partial charge is 0.434 e. The van der Waals surface area contributed by atoms with Crippen molar-refractivity contribution in [2.45, 2.75) is 19.6 Å². The molecule has 1 fully saturated rings. The summed E-state index contributed by atoms with van der Waals surface area (Å²) in [4.78, 5) is 36.4. The highest BCUT2D eigenvalue weighted by atomic mass is 19.3. The van der Waals surface area contributed by atoms with Crippen LogP contribution in [0.15, 0.2) is 53.3 Å². The maximum absolute atomic E-state index is 12.9. The van der Waals surface area contributed by atoms with Crippen molar-refractivity contribution in [3.8, 4) is 5.75 Å². The van der Waals surface area contributed by atoms with Crippen LogP contribution in [0.2, 0.25) is 0 Å². The number of carbonyl (C=O) groups excluding carboxylic acids is 1. The van der Waals surface area contributed by atoms with Gasteiger partial charge in [0.15, 0.2) is 0 Å². The van der Waals surface area contributed by atoms with E-state index in [1.54, 1.807) is 35.2 Å². The van der Waals surface area contributed by atoms with Crippen molar-refractivity contribution >= 4 is 16.8 Å². The van der Waals surface area contributed by atoms with Crippen LogP contribution in [0.3, 0.4) is 0 Å². The van der Waals surface area contributed by atoms with Crippen LogP contribution in [0.25, 0.3) is 10.9 Å². The van der Waals surface area contributed by atoms with E-state index in [-0.39, 0.29) is 28.8 Å². The van der Waals surface area contributed by atoms with Crippen LogP contribution in [-0.4, -0.2) is 58.5 Å². The van der Waals surface area contributed by atoms with Crippen LogP contribution in [0, 0.1) is 0 Å². The molecule has 0 bridgehead atoms. The number of piperazine rings is 1. The van der Waals surface area contributed by atoms with Crippen LogP contribution < -0.4 is 10.3 Å². The Balaban J connectivity index is 1.45. The minimum atomic E-state index is -3.00. The highest BCUT2D eigenvalue weighted by molar-refractivity contribution is 5.97. The summed E-state index contributed by atoms with van der Waals surface area (Å²) < 4.78 is 29.8. The first-order valence-corrected chi connectivity index (χ1v) is 10.00. The van der Waals surface area contributed by atoms with E-state index in [2.05, 4.69) is 19.6 Å². The van der Waals surface area contributed by atoms with E-state index in [1.807, 2.05) is 13.0 Å². The number of fused-ring (bicyclic) bond motifs is 1. The summed E-state index contributed by atoms with van der Waals surface area (Å²) in [5.41, 5.74) is 0.569. The molecule has 2 aromatic carbocycles. The van der Waals surface area contributed by atoms with Gasteiger partial charge in [0.2, 0.25) is 0 Å². The van der Waals surface area contributed by atoms with Crippen molar-refractivity contribution in [2.75, 3.05) is 26.2 Å². The van der Waals surface area contributed by atoms with E-state index in [0.29, 0.717) is 42.9 Å². The molecule has 1 aromatic heterocycles. The van der Waals surface area contributed by atoms with E-state index in [1.165, 1.54) is 12.1 Å². The van der Waals surface area contributed by atoms with Crippen LogP contribution >= 0.6 is 0 Å². The molecule has 3 aromatic rings. The molecule has 31 heavy (non-hydrogen) atoms. The van der Waals surface area contributed by atoms with Crippen molar-refractivity contribution < 1.29 is 18.3 Å². The fourth-order valence-electron chi connectivity index (χ4n) is 3.80. The van der Waals surface area contributed by atoms with Gasteiger partial charge < -0.3 is 14.6 Å². The Morgan fingerprint density at radius 2 is 1.74 bits per heavy atom. The quantitative estimate of drug-likeness (QED) is 0.676. The topological polar surface area (TPSA) is 78.5 Å². The number of hydrogen-bond donors (Lipinski definition) is 1. The van der Waals surface area contributed by atoms with Gasteiger partial charge >= 0.3 is 6.61 Å². The zero-order chi connectivity index (χ0) is 22.0. The van der Waals surface area contributed by atoms with E-state index < -0.39 is 6.61 Å². The SMILES string of the molecule is CC(c1nc2ccccc2c(=O)[nH]1)N1CCN(C(=O)c2ccccc2OC(F)F)CC1. The van der Waals surface area contributed by atoms with Crippen LogP contribution in [0.4, 0.5) is 8.78 Å². The Labute approximate surface area is 177 Å². The predicted molar refractivity (Wildman–Crippen MR) is 111 cm³/mol. The fourth-order valence-corrected chi connectivity index (χ4v) is 3.80. The minimum absolute atomic E-state index is 0.116. The fraction of sp³-hybridized carbons (Fsp3) is 0.318. The number of halogens is 2. The van der Waals surface area contributed by atoms with Crippen molar-refractivity contribution in [1.82, 2.24) is 19.8 Å². The standard InChI is InChI=1S/C22H22F2N4O3/c1-14(19-25-17-8-4-2-6-15(17)20(29)26-19)27-10-12-28(13-11-27)21(30)16-7-3-5-9-18(16)31-22(23)24/h2-9,14,22H,10-13H2,1H3,(H,25,26,29). The molecule has 4 rings (SSSR count). The lowest BCUT2D eigenvalue weighted by molar-refractivity contribution is -0.0503. The Kier molecular flexibility index (Phi) is 5.94. The summed E-state index contributed by atoms with van der Waals surface area (Å²) in [5, 5.41) is 0.540. The molecule has 0 aliphatic carbocycles. The number of amides is 1. The van der Waals surface area contributed by atoms with Gasteiger partial charge in [-0.05, 0) is 31.2 Å². The van der Waals surface area contributed by atoms with Gasteiger partial charge in [-0.15, -0.1) is 0 Å². The normalized spacial score (nSPS) is 15.9. The van der Waals surface area contributed by atoms with E-state index in [0.717, 1.165) is 0 Å². The first kappa shape index (κ1) is 20.9. The van der Waals surface area contributed by atoms with Gasteiger partial charge in [-0.1, -0.05) is 24.3 Å². The number of alkyl halides is 2. The number of aromatic nitrogens is 2. The van der Waals surface area contributed by atoms with Gasteiger partial charge in [-0.3, -0.25) is 14.5 Å². The number of para-hydroxylation sites is 2. The number of nitrogens with zero attached hydrogens (tertiary/aromatic N) is 3. The smallest absolute Gasteiger partial charge is 0.387 e. The average Bonchev–Trinajstić information content (AvgIpc) is 2.78. The Morgan fingerprint density at radius 3 is 2.48 bits per heavy atom. The van der Waals surface area contributed by atoms with Gasteiger partial charge in [0.1, 0.15) is 11.6 Å². The lowest BCUT2D eigenvalue weighted by atomic mass is 10.1. The molecule has 1 amide bonds. The molecule has 1 saturated heterocycles. The molecule has 0 spiro atoms. The lowest BCUT2D eigenvalue weighted by Gasteiger charge is -2.37. The van der Waals surface area contributed by atoms with Crippen molar-refractivity contribution in [3.63, 3.8) is 0 Å². The average molecular weight is 428 g/mol. The molecule has 0 radical (unpaired) electrons. The number of nitrogens with one attached hydrogen (secondary N) is 1. The van der Waals surface area contributed by atoms with Crippen molar-refractivity contribution in [3.05, 3.63) is 70.3 Å². The van der Waals surface area contributed by atoms with Crippen LogP contribution in [-0.2, 0) is 0 Å². The molecule has 7 nitrogen and oxygen atoms in total. The molecule has 9 heteroatoms. The van der Waals surface area contributed by atoms with Gasteiger partial charge in [0, 0.05) is 26.2 Å². The monoisotopic (exact) mass is 428 g/mol. The summed E-state index contributed by atoms with van der Waals surface area (Å²) in [7, 11) is 0. The zero-order valence-electron chi connectivity index (χ0n) is 16.9. The molecule has 2 heterocycles. The van der Waals surface area contributed by atoms with E-state index in [9.17, 15) is 18.4 Å². The summed E-state index contributed by atoms with van der Waals surface area (Å²) in [6.45, 7) is 0.913. The van der Waals surface area contributed by atoms with Gasteiger partial charge in [0.05, 0.1) is 22.5 Å². The third-order valence-corrected chi connectivity index (χ3v) is 5.51. The van der Waals surface area contributed by atoms with E-state index >= 15 is 0 Å². The number of hydrogen-bond acceptors (Lipinski definition) is 5. The Morgan fingerprint density at radius 1 is 1.06 bits per heavy atom. The van der Waals surface area contributed by atoms with Crippen LogP contribution in [0.1, 0.15) is 29.1 Å². The maximum atomic E-state index is 12.9. The third-order valence-electron chi connectivity index (χ3n) is 5.51. The second-order valence-electron chi connectivity index (χ2n) is 7.35. The molecular formula is C22H22F2N4O3. The molecule has 162 valence electrons. The molecule has 0 saturated carbocycles. The maximum Gasteiger partial charge on any atom is 0.387 e. The summed E-state index contributed by atoms with van der Waals surface area (Å²) in [5.74, 6) is 0.0937. The molecule has 1 N–H and O–H groups in total. The summed E-state index contributed by atoms with van der Waals surface area (Å²) in [6.07, 6.45) is 0. The summed E-state index contributed by atoms with van der Waals surface area (Å²) >= 11 is 0. The second kappa shape index (κ2) is 8.81. The zero-order valence-corrected chi connectivity index (χ0v) is 16.9. The van der Waals surface area contributed by atoms with Gasteiger partial charge in [0.25, 0.3) is 11.5 Å². The molecule has 1 aliphatic rings. The summed E-state index contributed by atoms with van der Waals surface area (Å²) in [6, 6.07) is 13.0. The first-order valence-electron chi connectivity index (χ1n) is 10.00. The van der Waals surface area contributed by atoms with Gasteiger partial charge in [-0.2, -0.15) is 8.78 Å². The number of aromatic amines is 1. The Bertz CT molecular complexity index is 1140. The Hall–Kier alpha value is -3.33. The minimum Gasteiger partial charge on any atom is -0.434 e. The highest BCUT2D eigenvalue weighted by Gasteiger charge is 2.28. The predicted octanol–water partition coefficient (Wildman–Crippen LogP) is 3.04. The molecule has 1 atom stereocenters. The lowest BCUT2D eigenvalue weighted by Crippen LogP contribution is -2.49. The van der Waals surface area contributed by atoms with Crippen LogP contribution in [0.5, 0.6) is 5.75 Å². The van der Waals surface area contributed by atoms with Gasteiger partial charge in [-0.25, -0.2) is 4.98 Å². The number of ether oxygens (including phenoxy) is 1. The number of benzene rings is 2. The van der Waals surface area contributed by atoms with E-state index in [4.69, 9.17) is 0 Å². The number of H-pyrrole nitrogens is 1. The third kappa shape index (κ3) is 4.41. The van der Waals surface area contributed by atoms with Crippen molar-refractivity contribution in [1.29, 1.82) is 0 Å². The molecular weight excluding hydrogens is 406 g/mol. The molecule has 1 aliphatic heterocycles.